The molecule has 0 spiro atoms. The molecule has 1 atom stereocenters. The third kappa shape index (κ3) is 2.80. The van der Waals surface area contributed by atoms with E-state index >= 15 is 0 Å². The van der Waals surface area contributed by atoms with E-state index in [1.54, 1.807) is 6.07 Å². The molecule has 1 aliphatic rings. The summed E-state index contributed by atoms with van der Waals surface area (Å²) in [5, 5.41) is 3.39. The van der Waals surface area contributed by atoms with Gasteiger partial charge in [-0.1, -0.05) is 18.2 Å². The molecule has 0 bridgehead atoms. The number of nitrogens with zero attached hydrogens (tertiary/aromatic N) is 1. The zero-order chi connectivity index (χ0) is 11.4. The van der Waals surface area contributed by atoms with E-state index in [0.29, 0.717) is 6.04 Å². The molecule has 1 N–H and O–H groups in total. The zero-order valence-electron chi connectivity index (χ0n) is 9.75. The van der Waals surface area contributed by atoms with Crippen LogP contribution in [0.5, 0.6) is 0 Å². The standard InChI is InChI=1S/C13H19FN2/c1-11-9-15-7-4-8-16(11)10-12-5-2-3-6-13(12)14/h2-3,5-6,11,15H,4,7-10H2,1H3. The molecule has 0 radical (unpaired) electrons. The van der Waals surface area contributed by atoms with Gasteiger partial charge in [-0.15, -0.1) is 0 Å². The number of rotatable bonds is 2. The van der Waals surface area contributed by atoms with Crippen LogP contribution in [0.2, 0.25) is 0 Å². The van der Waals surface area contributed by atoms with Gasteiger partial charge in [0.1, 0.15) is 5.82 Å². The minimum atomic E-state index is -0.0908. The van der Waals surface area contributed by atoms with Gasteiger partial charge in [0.15, 0.2) is 0 Å². The maximum absolute atomic E-state index is 13.5. The molecular weight excluding hydrogens is 203 g/mol. The molecule has 1 fully saturated rings. The second-order valence-electron chi connectivity index (χ2n) is 4.47. The van der Waals surface area contributed by atoms with Crippen LogP contribution in [0, 0.1) is 5.82 Å². The second kappa shape index (κ2) is 5.41. The fourth-order valence-corrected chi connectivity index (χ4v) is 2.15. The van der Waals surface area contributed by atoms with Gasteiger partial charge in [0, 0.05) is 31.2 Å². The molecule has 0 aliphatic carbocycles. The lowest BCUT2D eigenvalue weighted by molar-refractivity contribution is 0.211. The van der Waals surface area contributed by atoms with Gasteiger partial charge in [0.2, 0.25) is 0 Å². The molecule has 1 saturated heterocycles. The molecular formula is C13H19FN2. The Hall–Kier alpha value is -0.930. The van der Waals surface area contributed by atoms with Gasteiger partial charge < -0.3 is 5.32 Å². The van der Waals surface area contributed by atoms with Gasteiger partial charge in [0.05, 0.1) is 0 Å². The van der Waals surface area contributed by atoms with Crippen molar-refractivity contribution < 1.29 is 4.39 Å². The van der Waals surface area contributed by atoms with Crippen LogP contribution in [0.1, 0.15) is 18.9 Å². The average Bonchev–Trinajstić information content (AvgIpc) is 2.48. The maximum Gasteiger partial charge on any atom is 0.127 e. The predicted molar refractivity (Wildman–Crippen MR) is 63.8 cm³/mol. The van der Waals surface area contributed by atoms with E-state index in [4.69, 9.17) is 0 Å². The van der Waals surface area contributed by atoms with Gasteiger partial charge in [-0.2, -0.15) is 0 Å². The maximum atomic E-state index is 13.5. The smallest absolute Gasteiger partial charge is 0.127 e. The number of halogens is 1. The molecule has 16 heavy (non-hydrogen) atoms. The van der Waals surface area contributed by atoms with Crippen LogP contribution >= 0.6 is 0 Å². The Morgan fingerprint density at radius 2 is 2.25 bits per heavy atom. The van der Waals surface area contributed by atoms with E-state index in [2.05, 4.69) is 17.1 Å². The Bertz CT molecular complexity index is 340. The number of hydrogen-bond acceptors (Lipinski definition) is 2. The van der Waals surface area contributed by atoms with Crippen molar-refractivity contribution in [1.29, 1.82) is 0 Å². The molecule has 1 aromatic rings. The Balaban J connectivity index is 2.05. The zero-order valence-corrected chi connectivity index (χ0v) is 9.75. The summed E-state index contributed by atoms with van der Waals surface area (Å²) < 4.78 is 13.5. The molecule has 1 aliphatic heterocycles. The summed E-state index contributed by atoms with van der Waals surface area (Å²) in [6, 6.07) is 7.53. The number of nitrogens with one attached hydrogen (secondary N) is 1. The molecule has 1 aromatic carbocycles. The van der Waals surface area contributed by atoms with Crippen LogP contribution in [0.4, 0.5) is 4.39 Å². The van der Waals surface area contributed by atoms with Crippen LogP contribution in [0.25, 0.3) is 0 Å². The minimum absolute atomic E-state index is 0.0908. The molecule has 2 rings (SSSR count). The summed E-state index contributed by atoms with van der Waals surface area (Å²) in [6.45, 7) is 6.02. The van der Waals surface area contributed by atoms with Crippen LogP contribution in [0.15, 0.2) is 24.3 Å². The van der Waals surface area contributed by atoms with Gasteiger partial charge >= 0.3 is 0 Å². The molecule has 88 valence electrons. The van der Waals surface area contributed by atoms with Gasteiger partial charge in [-0.25, -0.2) is 4.39 Å². The summed E-state index contributed by atoms with van der Waals surface area (Å²) in [7, 11) is 0. The van der Waals surface area contributed by atoms with Crippen LogP contribution < -0.4 is 5.32 Å². The Labute approximate surface area is 96.5 Å². The van der Waals surface area contributed by atoms with E-state index < -0.39 is 0 Å². The molecule has 0 saturated carbocycles. The topological polar surface area (TPSA) is 15.3 Å². The number of benzene rings is 1. The molecule has 0 aromatic heterocycles. The van der Waals surface area contributed by atoms with E-state index in [0.717, 1.165) is 38.2 Å². The van der Waals surface area contributed by atoms with Crippen LogP contribution in [0.3, 0.4) is 0 Å². The molecule has 3 heteroatoms. The Kier molecular flexibility index (Phi) is 3.91. The van der Waals surface area contributed by atoms with E-state index in [1.165, 1.54) is 6.07 Å². The largest absolute Gasteiger partial charge is 0.315 e. The third-order valence-corrected chi connectivity index (χ3v) is 3.19. The minimum Gasteiger partial charge on any atom is -0.315 e. The fourth-order valence-electron chi connectivity index (χ4n) is 2.15. The van der Waals surface area contributed by atoms with Gasteiger partial charge in [-0.3, -0.25) is 4.90 Å². The fraction of sp³-hybridized carbons (Fsp3) is 0.538. The SMILES string of the molecule is CC1CNCCCN1Cc1ccccc1F. The highest BCUT2D eigenvalue weighted by atomic mass is 19.1. The summed E-state index contributed by atoms with van der Waals surface area (Å²) in [5.41, 5.74) is 0.802. The average molecular weight is 222 g/mol. The van der Waals surface area contributed by atoms with Crippen molar-refractivity contribution >= 4 is 0 Å². The molecule has 0 amide bonds. The third-order valence-electron chi connectivity index (χ3n) is 3.19. The normalized spacial score (nSPS) is 23.0. The van der Waals surface area contributed by atoms with Crippen molar-refractivity contribution in [2.45, 2.75) is 25.9 Å². The van der Waals surface area contributed by atoms with Gasteiger partial charge in [-0.05, 0) is 26.0 Å². The van der Waals surface area contributed by atoms with E-state index in [9.17, 15) is 4.39 Å². The van der Waals surface area contributed by atoms with Crippen molar-refractivity contribution in [1.82, 2.24) is 10.2 Å². The first-order valence-electron chi connectivity index (χ1n) is 5.95. The van der Waals surface area contributed by atoms with E-state index in [1.807, 2.05) is 12.1 Å². The van der Waals surface area contributed by atoms with Gasteiger partial charge in [0.25, 0.3) is 0 Å². The summed E-state index contributed by atoms with van der Waals surface area (Å²) in [6.07, 6.45) is 1.14. The highest BCUT2D eigenvalue weighted by Crippen LogP contribution is 2.13. The lowest BCUT2D eigenvalue weighted by Gasteiger charge is -2.26. The van der Waals surface area contributed by atoms with Crippen molar-refractivity contribution in [3.05, 3.63) is 35.6 Å². The predicted octanol–water partition coefficient (Wildman–Crippen LogP) is 2.01. The first-order valence-corrected chi connectivity index (χ1v) is 5.95. The van der Waals surface area contributed by atoms with E-state index in [-0.39, 0.29) is 5.82 Å². The van der Waals surface area contributed by atoms with Crippen molar-refractivity contribution in [3.63, 3.8) is 0 Å². The van der Waals surface area contributed by atoms with Crippen LogP contribution in [-0.2, 0) is 6.54 Å². The lowest BCUT2D eigenvalue weighted by Crippen LogP contribution is -2.37. The summed E-state index contributed by atoms with van der Waals surface area (Å²) in [5.74, 6) is -0.0908. The highest BCUT2D eigenvalue weighted by Gasteiger charge is 2.17. The number of hydrogen-bond donors (Lipinski definition) is 1. The lowest BCUT2D eigenvalue weighted by atomic mass is 10.1. The first-order chi connectivity index (χ1) is 7.77. The monoisotopic (exact) mass is 222 g/mol. The summed E-state index contributed by atoms with van der Waals surface area (Å²) >= 11 is 0. The highest BCUT2D eigenvalue weighted by molar-refractivity contribution is 5.17. The van der Waals surface area contributed by atoms with Crippen molar-refractivity contribution in [2.24, 2.45) is 0 Å². The Morgan fingerprint density at radius 3 is 3.06 bits per heavy atom. The first kappa shape index (κ1) is 11.6. The quantitative estimate of drug-likeness (QED) is 0.823. The summed E-state index contributed by atoms with van der Waals surface area (Å²) in [4.78, 5) is 2.35. The molecule has 1 unspecified atom stereocenters. The van der Waals surface area contributed by atoms with Crippen molar-refractivity contribution in [2.75, 3.05) is 19.6 Å². The van der Waals surface area contributed by atoms with Crippen molar-refractivity contribution in [3.8, 4) is 0 Å². The Morgan fingerprint density at radius 1 is 1.44 bits per heavy atom. The second-order valence-corrected chi connectivity index (χ2v) is 4.47. The van der Waals surface area contributed by atoms with Crippen LogP contribution in [-0.4, -0.2) is 30.6 Å². The molecule has 1 heterocycles. The molecule has 2 nitrogen and oxygen atoms in total.